The van der Waals surface area contributed by atoms with E-state index in [1.165, 1.54) is 10.9 Å². The van der Waals surface area contributed by atoms with Gasteiger partial charge in [0, 0.05) is 37.4 Å². The van der Waals surface area contributed by atoms with Crippen LogP contribution in [0.3, 0.4) is 0 Å². The molecule has 0 spiro atoms. The highest BCUT2D eigenvalue weighted by Gasteiger charge is 2.24. The van der Waals surface area contributed by atoms with Gasteiger partial charge in [0.15, 0.2) is 0 Å². The Morgan fingerprint density at radius 1 is 1.32 bits per heavy atom. The molecule has 1 aromatic rings. The highest BCUT2D eigenvalue weighted by molar-refractivity contribution is 5.78. The van der Waals surface area contributed by atoms with Crippen LogP contribution in [0.1, 0.15) is 26.7 Å². The lowest BCUT2D eigenvalue weighted by Crippen LogP contribution is -2.48. The summed E-state index contributed by atoms with van der Waals surface area (Å²) in [6, 6.07) is 0.132. The summed E-state index contributed by atoms with van der Waals surface area (Å²) in [4.78, 5) is 29.3. The standard InChI is InChI=1S/C13H20N4O2/c1-10(2)12(18)15-11-3-6-16(7-4-11)13(19)17-8-5-14-9-17/h5,8-11H,3-4,6-7H2,1-2H3,(H,15,18). The quantitative estimate of drug-likeness (QED) is 0.869. The fourth-order valence-electron chi connectivity index (χ4n) is 2.12. The largest absolute Gasteiger partial charge is 0.353 e. The molecule has 1 fully saturated rings. The predicted octanol–water partition coefficient (Wildman–Crippen LogP) is 1.09. The first-order chi connectivity index (χ1) is 9.08. The van der Waals surface area contributed by atoms with Crippen LogP contribution in [0.15, 0.2) is 18.7 Å². The van der Waals surface area contributed by atoms with E-state index >= 15 is 0 Å². The first-order valence-corrected chi connectivity index (χ1v) is 6.65. The van der Waals surface area contributed by atoms with Gasteiger partial charge in [-0.05, 0) is 12.8 Å². The van der Waals surface area contributed by atoms with Crippen LogP contribution in [-0.2, 0) is 4.79 Å². The van der Waals surface area contributed by atoms with Crippen molar-refractivity contribution in [2.45, 2.75) is 32.7 Å². The lowest BCUT2D eigenvalue weighted by Gasteiger charge is -2.32. The van der Waals surface area contributed by atoms with E-state index in [0.29, 0.717) is 13.1 Å². The minimum atomic E-state index is -0.0499. The summed E-state index contributed by atoms with van der Waals surface area (Å²) in [6.07, 6.45) is 6.36. The fraction of sp³-hybridized carbons (Fsp3) is 0.615. The average molecular weight is 264 g/mol. The predicted molar refractivity (Wildman–Crippen MR) is 70.6 cm³/mol. The number of amides is 2. The average Bonchev–Trinajstić information content (AvgIpc) is 2.92. The summed E-state index contributed by atoms with van der Waals surface area (Å²) >= 11 is 0. The Bertz CT molecular complexity index is 434. The van der Waals surface area contributed by atoms with Crippen molar-refractivity contribution in [2.75, 3.05) is 13.1 Å². The van der Waals surface area contributed by atoms with Crippen LogP contribution < -0.4 is 5.32 Å². The second-order valence-electron chi connectivity index (χ2n) is 5.18. The Labute approximate surface area is 112 Å². The van der Waals surface area contributed by atoms with Gasteiger partial charge in [0.1, 0.15) is 6.33 Å². The molecule has 1 N–H and O–H groups in total. The summed E-state index contributed by atoms with van der Waals surface area (Å²) in [5, 5.41) is 3.02. The zero-order valence-electron chi connectivity index (χ0n) is 11.4. The molecule has 0 aromatic carbocycles. The molecule has 0 saturated carbocycles. The molecule has 2 rings (SSSR count). The van der Waals surface area contributed by atoms with Crippen molar-refractivity contribution in [1.29, 1.82) is 0 Å². The molecular formula is C13H20N4O2. The van der Waals surface area contributed by atoms with Crippen LogP contribution in [0, 0.1) is 5.92 Å². The van der Waals surface area contributed by atoms with Gasteiger partial charge < -0.3 is 10.2 Å². The van der Waals surface area contributed by atoms with Gasteiger partial charge in [-0.2, -0.15) is 0 Å². The maximum atomic E-state index is 12.1. The van der Waals surface area contributed by atoms with Gasteiger partial charge in [-0.1, -0.05) is 13.8 Å². The number of imidazole rings is 1. The second-order valence-corrected chi connectivity index (χ2v) is 5.18. The van der Waals surface area contributed by atoms with E-state index in [-0.39, 0.29) is 23.9 Å². The molecule has 6 nitrogen and oxygen atoms in total. The van der Waals surface area contributed by atoms with Gasteiger partial charge in [-0.3, -0.25) is 9.36 Å². The second kappa shape index (κ2) is 5.86. The molecule has 1 aliphatic rings. The zero-order valence-corrected chi connectivity index (χ0v) is 11.4. The first-order valence-electron chi connectivity index (χ1n) is 6.65. The summed E-state index contributed by atoms with van der Waals surface area (Å²) in [6.45, 7) is 5.10. The maximum absolute atomic E-state index is 12.1. The van der Waals surface area contributed by atoms with Crippen LogP contribution in [0.2, 0.25) is 0 Å². The lowest BCUT2D eigenvalue weighted by molar-refractivity contribution is -0.124. The molecule has 1 saturated heterocycles. The topological polar surface area (TPSA) is 67.2 Å². The molecule has 0 aliphatic carbocycles. The van der Waals surface area contributed by atoms with Crippen LogP contribution in [0.25, 0.3) is 0 Å². The van der Waals surface area contributed by atoms with E-state index in [1.807, 2.05) is 13.8 Å². The summed E-state index contributed by atoms with van der Waals surface area (Å²) in [5.41, 5.74) is 0. The van der Waals surface area contributed by atoms with E-state index < -0.39 is 0 Å². The van der Waals surface area contributed by atoms with Crippen molar-refractivity contribution in [3.63, 3.8) is 0 Å². The Morgan fingerprint density at radius 3 is 2.53 bits per heavy atom. The minimum Gasteiger partial charge on any atom is -0.353 e. The summed E-state index contributed by atoms with van der Waals surface area (Å²) in [7, 11) is 0. The van der Waals surface area contributed by atoms with Crippen molar-refractivity contribution in [3.05, 3.63) is 18.7 Å². The number of piperidine rings is 1. The summed E-state index contributed by atoms with van der Waals surface area (Å²) in [5.74, 6) is 0.0880. The van der Waals surface area contributed by atoms with Gasteiger partial charge in [-0.25, -0.2) is 9.78 Å². The minimum absolute atomic E-state index is 0.00519. The van der Waals surface area contributed by atoms with Crippen molar-refractivity contribution in [2.24, 2.45) is 5.92 Å². The third-order valence-corrected chi connectivity index (χ3v) is 3.36. The van der Waals surface area contributed by atoms with Crippen molar-refractivity contribution in [1.82, 2.24) is 19.8 Å². The summed E-state index contributed by atoms with van der Waals surface area (Å²) < 4.78 is 1.48. The Hall–Kier alpha value is -1.85. The van der Waals surface area contributed by atoms with Crippen molar-refractivity contribution >= 4 is 11.9 Å². The molecule has 104 valence electrons. The number of hydrogen-bond acceptors (Lipinski definition) is 3. The maximum Gasteiger partial charge on any atom is 0.329 e. The Kier molecular flexibility index (Phi) is 4.19. The number of rotatable bonds is 2. The van der Waals surface area contributed by atoms with E-state index in [2.05, 4.69) is 10.3 Å². The normalized spacial score (nSPS) is 16.7. The Balaban J connectivity index is 1.82. The number of likely N-dealkylation sites (tertiary alicyclic amines) is 1. The molecule has 2 heterocycles. The van der Waals surface area contributed by atoms with Crippen LogP contribution >= 0.6 is 0 Å². The number of carbonyl (C=O) groups is 2. The van der Waals surface area contributed by atoms with Gasteiger partial charge >= 0.3 is 6.03 Å². The van der Waals surface area contributed by atoms with Gasteiger partial charge in [0.05, 0.1) is 0 Å². The third kappa shape index (κ3) is 3.33. The molecule has 0 atom stereocenters. The molecule has 1 aromatic heterocycles. The molecule has 6 heteroatoms. The molecule has 0 bridgehead atoms. The van der Waals surface area contributed by atoms with Gasteiger partial charge in [-0.15, -0.1) is 0 Å². The molecule has 19 heavy (non-hydrogen) atoms. The first kappa shape index (κ1) is 13.6. The Morgan fingerprint density at radius 2 is 2.00 bits per heavy atom. The highest BCUT2D eigenvalue weighted by Crippen LogP contribution is 2.12. The monoisotopic (exact) mass is 264 g/mol. The van der Waals surface area contributed by atoms with E-state index in [1.54, 1.807) is 17.3 Å². The molecule has 1 aliphatic heterocycles. The van der Waals surface area contributed by atoms with Crippen LogP contribution in [-0.4, -0.2) is 45.5 Å². The highest BCUT2D eigenvalue weighted by atomic mass is 16.2. The van der Waals surface area contributed by atoms with Gasteiger partial charge in [0.25, 0.3) is 0 Å². The smallest absolute Gasteiger partial charge is 0.329 e. The number of aromatic nitrogens is 2. The number of nitrogens with zero attached hydrogens (tertiary/aromatic N) is 3. The van der Waals surface area contributed by atoms with E-state index in [9.17, 15) is 9.59 Å². The lowest BCUT2D eigenvalue weighted by atomic mass is 10.0. The number of hydrogen-bond donors (Lipinski definition) is 1. The van der Waals surface area contributed by atoms with E-state index in [4.69, 9.17) is 0 Å². The molecule has 2 amide bonds. The number of nitrogens with one attached hydrogen (secondary N) is 1. The van der Waals surface area contributed by atoms with Crippen LogP contribution in [0.5, 0.6) is 0 Å². The van der Waals surface area contributed by atoms with Crippen molar-refractivity contribution < 1.29 is 9.59 Å². The zero-order chi connectivity index (χ0) is 13.8. The van der Waals surface area contributed by atoms with Crippen LogP contribution in [0.4, 0.5) is 4.79 Å². The fourth-order valence-corrected chi connectivity index (χ4v) is 2.12. The SMILES string of the molecule is CC(C)C(=O)NC1CCN(C(=O)n2ccnc2)CC1. The number of carbonyl (C=O) groups excluding carboxylic acids is 2. The van der Waals surface area contributed by atoms with Crippen molar-refractivity contribution in [3.8, 4) is 0 Å². The van der Waals surface area contributed by atoms with E-state index in [0.717, 1.165) is 12.8 Å². The third-order valence-electron chi connectivity index (χ3n) is 3.36. The molecule has 0 unspecified atom stereocenters. The molecule has 0 radical (unpaired) electrons. The molecular weight excluding hydrogens is 244 g/mol. The van der Waals surface area contributed by atoms with Gasteiger partial charge in [0.2, 0.25) is 5.91 Å².